The lowest BCUT2D eigenvalue weighted by Crippen LogP contribution is -2.44. The molecular weight excluding hydrogens is 299 g/mol. The maximum absolute atomic E-state index is 13.3. The Bertz CT molecular complexity index is 565. The molecule has 7 heteroatoms. The van der Waals surface area contributed by atoms with E-state index in [0.717, 1.165) is 13.0 Å². The number of nitrogens with one attached hydrogen (secondary N) is 2. The molecule has 23 heavy (non-hydrogen) atoms. The molecule has 2 N–H and O–H groups in total. The van der Waals surface area contributed by atoms with Gasteiger partial charge in [-0.3, -0.25) is 4.79 Å². The first-order valence-corrected chi connectivity index (χ1v) is 7.70. The van der Waals surface area contributed by atoms with Crippen LogP contribution in [0.4, 0.5) is 14.9 Å². The summed E-state index contributed by atoms with van der Waals surface area (Å²) in [5.74, 6) is -0.501. The predicted octanol–water partition coefficient (Wildman–Crippen LogP) is 1.18. The van der Waals surface area contributed by atoms with E-state index in [4.69, 9.17) is 0 Å². The summed E-state index contributed by atoms with van der Waals surface area (Å²) in [5.41, 5.74) is 0.519. The van der Waals surface area contributed by atoms with Gasteiger partial charge in [0.2, 0.25) is 5.91 Å². The molecule has 1 aromatic carbocycles. The molecule has 0 saturated carbocycles. The summed E-state index contributed by atoms with van der Waals surface area (Å²) in [6.07, 6.45) is 1.08. The van der Waals surface area contributed by atoms with Crippen LogP contribution in [-0.4, -0.2) is 56.6 Å². The van der Waals surface area contributed by atoms with E-state index in [1.807, 2.05) is 19.0 Å². The number of rotatable bonds is 6. The molecule has 1 heterocycles. The normalized spacial score (nSPS) is 17.7. The molecule has 1 aromatic rings. The Labute approximate surface area is 135 Å². The van der Waals surface area contributed by atoms with E-state index < -0.39 is 0 Å². The van der Waals surface area contributed by atoms with Crippen molar-refractivity contribution in [3.63, 3.8) is 0 Å². The van der Waals surface area contributed by atoms with E-state index in [1.165, 1.54) is 17.0 Å². The van der Waals surface area contributed by atoms with E-state index in [9.17, 15) is 14.0 Å². The molecule has 1 saturated heterocycles. The zero-order valence-corrected chi connectivity index (χ0v) is 13.5. The van der Waals surface area contributed by atoms with Gasteiger partial charge in [-0.1, -0.05) is 6.07 Å². The first-order chi connectivity index (χ1) is 11.0. The predicted molar refractivity (Wildman–Crippen MR) is 86.9 cm³/mol. The highest BCUT2D eigenvalue weighted by Gasteiger charge is 2.31. The molecule has 2 rings (SSSR count). The fraction of sp³-hybridized carbons (Fsp3) is 0.500. The molecule has 0 bridgehead atoms. The molecule has 1 atom stereocenters. The SMILES string of the molecule is CN(C)CCCNC(=O)N[C@@H]1CC(=O)N(c2cccc(F)c2)C1. The van der Waals surface area contributed by atoms with Crippen molar-refractivity contribution in [2.24, 2.45) is 0 Å². The molecule has 1 aliphatic rings. The van der Waals surface area contributed by atoms with Gasteiger partial charge in [0.25, 0.3) is 0 Å². The summed E-state index contributed by atoms with van der Waals surface area (Å²) in [4.78, 5) is 27.4. The second kappa shape index (κ2) is 7.92. The molecule has 0 spiro atoms. The summed E-state index contributed by atoms with van der Waals surface area (Å²) in [7, 11) is 3.95. The van der Waals surface area contributed by atoms with Gasteiger partial charge in [-0.15, -0.1) is 0 Å². The van der Waals surface area contributed by atoms with Crippen LogP contribution in [0.2, 0.25) is 0 Å². The third kappa shape index (κ3) is 5.21. The maximum Gasteiger partial charge on any atom is 0.315 e. The van der Waals surface area contributed by atoms with Crippen LogP contribution in [0.5, 0.6) is 0 Å². The van der Waals surface area contributed by atoms with Crippen LogP contribution < -0.4 is 15.5 Å². The largest absolute Gasteiger partial charge is 0.338 e. The molecule has 6 nitrogen and oxygen atoms in total. The second-order valence-corrected chi connectivity index (χ2v) is 5.94. The van der Waals surface area contributed by atoms with Gasteiger partial charge >= 0.3 is 6.03 Å². The number of carbonyl (C=O) groups is 2. The van der Waals surface area contributed by atoms with E-state index >= 15 is 0 Å². The molecule has 126 valence electrons. The molecule has 0 aliphatic carbocycles. The van der Waals surface area contributed by atoms with E-state index in [1.54, 1.807) is 12.1 Å². The Morgan fingerprint density at radius 2 is 2.22 bits per heavy atom. The van der Waals surface area contributed by atoms with Crippen molar-refractivity contribution in [3.8, 4) is 0 Å². The molecule has 3 amide bonds. The van der Waals surface area contributed by atoms with Gasteiger partial charge in [0.15, 0.2) is 0 Å². The van der Waals surface area contributed by atoms with Gasteiger partial charge < -0.3 is 20.4 Å². The number of amides is 3. The fourth-order valence-electron chi connectivity index (χ4n) is 2.53. The van der Waals surface area contributed by atoms with Crippen LogP contribution in [0.1, 0.15) is 12.8 Å². The fourth-order valence-corrected chi connectivity index (χ4v) is 2.53. The minimum Gasteiger partial charge on any atom is -0.338 e. The van der Waals surface area contributed by atoms with Gasteiger partial charge in [-0.2, -0.15) is 0 Å². The van der Waals surface area contributed by atoms with Crippen molar-refractivity contribution in [3.05, 3.63) is 30.1 Å². The van der Waals surface area contributed by atoms with Gasteiger partial charge in [-0.25, -0.2) is 9.18 Å². The average molecular weight is 322 g/mol. The smallest absolute Gasteiger partial charge is 0.315 e. The Hall–Kier alpha value is -2.15. The number of carbonyl (C=O) groups excluding carboxylic acids is 2. The lowest BCUT2D eigenvalue weighted by Gasteiger charge is -2.17. The van der Waals surface area contributed by atoms with Crippen molar-refractivity contribution in [1.29, 1.82) is 0 Å². The number of urea groups is 1. The van der Waals surface area contributed by atoms with E-state index in [-0.39, 0.29) is 30.2 Å². The highest BCUT2D eigenvalue weighted by atomic mass is 19.1. The van der Waals surface area contributed by atoms with Crippen molar-refractivity contribution in [1.82, 2.24) is 15.5 Å². The first-order valence-electron chi connectivity index (χ1n) is 7.70. The lowest BCUT2D eigenvalue weighted by molar-refractivity contribution is -0.117. The molecule has 0 unspecified atom stereocenters. The number of anilines is 1. The molecule has 1 aliphatic heterocycles. The number of halogens is 1. The standard InChI is InChI=1S/C16H23FN4O2/c1-20(2)8-4-7-18-16(23)19-13-10-15(22)21(11-13)14-6-3-5-12(17)9-14/h3,5-6,9,13H,4,7-8,10-11H2,1-2H3,(H2,18,19,23)/t13-/m1/s1. The van der Waals surface area contributed by atoms with Gasteiger partial charge in [-0.05, 0) is 45.3 Å². The van der Waals surface area contributed by atoms with Crippen LogP contribution >= 0.6 is 0 Å². The number of hydrogen-bond donors (Lipinski definition) is 2. The Kier molecular flexibility index (Phi) is 5.92. The summed E-state index contributed by atoms with van der Waals surface area (Å²) >= 11 is 0. The van der Waals surface area contributed by atoms with Crippen LogP contribution in [-0.2, 0) is 4.79 Å². The highest BCUT2D eigenvalue weighted by Crippen LogP contribution is 2.22. The number of benzene rings is 1. The topological polar surface area (TPSA) is 64.7 Å². The summed E-state index contributed by atoms with van der Waals surface area (Å²) in [6, 6.07) is 5.37. The van der Waals surface area contributed by atoms with Crippen LogP contribution in [0.3, 0.4) is 0 Å². The monoisotopic (exact) mass is 322 g/mol. The quantitative estimate of drug-likeness (QED) is 0.773. The third-order valence-corrected chi connectivity index (χ3v) is 3.65. The zero-order chi connectivity index (χ0) is 16.8. The van der Waals surface area contributed by atoms with Crippen molar-refractivity contribution >= 4 is 17.6 Å². The number of nitrogens with zero attached hydrogens (tertiary/aromatic N) is 2. The van der Waals surface area contributed by atoms with Gasteiger partial charge in [0.05, 0.1) is 6.04 Å². The van der Waals surface area contributed by atoms with Crippen molar-refractivity contribution in [2.75, 3.05) is 38.6 Å². The first kappa shape index (κ1) is 17.2. The molecule has 0 radical (unpaired) electrons. The van der Waals surface area contributed by atoms with Crippen molar-refractivity contribution in [2.45, 2.75) is 18.9 Å². The third-order valence-electron chi connectivity index (χ3n) is 3.65. The Balaban J connectivity index is 1.80. The molecule has 1 fully saturated rings. The van der Waals surface area contributed by atoms with Crippen LogP contribution in [0.25, 0.3) is 0 Å². The Morgan fingerprint density at radius 1 is 1.43 bits per heavy atom. The zero-order valence-electron chi connectivity index (χ0n) is 13.5. The minimum absolute atomic E-state index is 0.117. The number of hydrogen-bond acceptors (Lipinski definition) is 3. The Morgan fingerprint density at radius 3 is 2.91 bits per heavy atom. The molecular formula is C16H23FN4O2. The summed E-state index contributed by atoms with van der Waals surface area (Å²) in [5, 5.41) is 5.57. The van der Waals surface area contributed by atoms with Gasteiger partial charge in [0, 0.05) is 25.2 Å². The van der Waals surface area contributed by atoms with Crippen LogP contribution in [0.15, 0.2) is 24.3 Å². The van der Waals surface area contributed by atoms with Gasteiger partial charge in [0.1, 0.15) is 5.82 Å². The van der Waals surface area contributed by atoms with E-state index in [2.05, 4.69) is 10.6 Å². The lowest BCUT2D eigenvalue weighted by atomic mass is 10.2. The molecule has 0 aromatic heterocycles. The van der Waals surface area contributed by atoms with E-state index in [0.29, 0.717) is 18.8 Å². The average Bonchev–Trinajstić information content (AvgIpc) is 2.84. The summed E-state index contributed by atoms with van der Waals surface area (Å²) < 4.78 is 13.3. The van der Waals surface area contributed by atoms with Crippen LogP contribution in [0, 0.1) is 5.82 Å². The summed E-state index contributed by atoms with van der Waals surface area (Å²) in [6.45, 7) is 1.83. The van der Waals surface area contributed by atoms with Crippen molar-refractivity contribution < 1.29 is 14.0 Å². The maximum atomic E-state index is 13.3. The second-order valence-electron chi connectivity index (χ2n) is 5.94. The minimum atomic E-state index is -0.384. The highest BCUT2D eigenvalue weighted by molar-refractivity contribution is 5.96.